The SMILES string of the molecule is COc1ccc(CN2CCN(N)C2=O)cc1. The summed E-state index contributed by atoms with van der Waals surface area (Å²) in [5.74, 6) is 6.31. The first-order chi connectivity index (χ1) is 7.70. The molecule has 1 heterocycles. The molecule has 0 aromatic heterocycles. The lowest BCUT2D eigenvalue weighted by Crippen LogP contribution is -2.36. The number of urea groups is 1. The maximum atomic E-state index is 11.5. The molecule has 2 amide bonds. The summed E-state index contributed by atoms with van der Waals surface area (Å²) in [6, 6.07) is 7.55. The summed E-state index contributed by atoms with van der Waals surface area (Å²) in [6.45, 7) is 1.87. The van der Waals surface area contributed by atoms with Crippen LogP contribution in [-0.2, 0) is 6.54 Å². The minimum absolute atomic E-state index is 0.115. The number of carbonyl (C=O) groups excluding carboxylic acids is 1. The molecule has 1 fully saturated rings. The van der Waals surface area contributed by atoms with Crippen molar-refractivity contribution in [1.82, 2.24) is 9.91 Å². The maximum Gasteiger partial charge on any atom is 0.334 e. The highest BCUT2D eigenvalue weighted by atomic mass is 16.5. The van der Waals surface area contributed by atoms with E-state index in [1.165, 1.54) is 5.01 Å². The summed E-state index contributed by atoms with van der Waals surface area (Å²) in [5.41, 5.74) is 1.07. The van der Waals surface area contributed by atoms with Gasteiger partial charge < -0.3 is 9.64 Å². The second-order valence-electron chi connectivity index (χ2n) is 3.75. The lowest BCUT2D eigenvalue weighted by atomic mass is 10.2. The first-order valence-electron chi connectivity index (χ1n) is 5.15. The van der Waals surface area contributed by atoms with Crippen LogP contribution in [0.25, 0.3) is 0 Å². The molecule has 2 rings (SSSR count). The van der Waals surface area contributed by atoms with E-state index < -0.39 is 0 Å². The molecule has 1 aliphatic heterocycles. The van der Waals surface area contributed by atoms with Gasteiger partial charge in [0.2, 0.25) is 0 Å². The van der Waals surface area contributed by atoms with Gasteiger partial charge >= 0.3 is 6.03 Å². The Morgan fingerprint density at radius 1 is 1.31 bits per heavy atom. The monoisotopic (exact) mass is 221 g/mol. The molecular formula is C11H15N3O2. The van der Waals surface area contributed by atoms with Crippen molar-refractivity contribution in [3.63, 3.8) is 0 Å². The molecule has 1 saturated heterocycles. The fourth-order valence-corrected chi connectivity index (χ4v) is 1.70. The van der Waals surface area contributed by atoms with Gasteiger partial charge in [0.05, 0.1) is 13.7 Å². The third kappa shape index (κ3) is 2.09. The summed E-state index contributed by atoms with van der Waals surface area (Å²) in [4.78, 5) is 13.3. The third-order valence-corrected chi connectivity index (χ3v) is 2.66. The van der Waals surface area contributed by atoms with E-state index in [1.807, 2.05) is 24.3 Å². The van der Waals surface area contributed by atoms with Crippen molar-refractivity contribution in [3.8, 4) is 5.75 Å². The quantitative estimate of drug-likeness (QED) is 0.607. The standard InChI is InChI=1S/C11H15N3O2/c1-16-10-4-2-9(3-5-10)8-13-6-7-14(12)11(13)15/h2-5H,6-8,12H2,1H3. The molecule has 86 valence electrons. The molecule has 1 aromatic carbocycles. The number of rotatable bonds is 3. The van der Waals surface area contributed by atoms with Crippen LogP contribution in [-0.4, -0.2) is 36.1 Å². The van der Waals surface area contributed by atoms with Gasteiger partial charge in [0.1, 0.15) is 5.75 Å². The minimum Gasteiger partial charge on any atom is -0.497 e. The van der Waals surface area contributed by atoms with Gasteiger partial charge in [-0.1, -0.05) is 12.1 Å². The van der Waals surface area contributed by atoms with Crippen LogP contribution in [0.3, 0.4) is 0 Å². The molecule has 2 N–H and O–H groups in total. The van der Waals surface area contributed by atoms with Gasteiger partial charge in [-0.05, 0) is 17.7 Å². The molecule has 0 aliphatic carbocycles. The van der Waals surface area contributed by atoms with Crippen LogP contribution < -0.4 is 10.6 Å². The van der Waals surface area contributed by atoms with Crippen molar-refractivity contribution < 1.29 is 9.53 Å². The Morgan fingerprint density at radius 2 is 2.00 bits per heavy atom. The molecule has 0 atom stereocenters. The number of hydrazine groups is 1. The highest BCUT2D eigenvalue weighted by Gasteiger charge is 2.25. The Morgan fingerprint density at radius 3 is 2.50 bits per heavy atom. The van der Waals surface area contributed by atoms with E-state index in [2.05, 4.69) is 0 Å². The molecule has 16 heavy (non-hydrogen) atoms. The van der Waals surface area contributed by atoms with Crippen molar-refractivity contribution in [2.45, 2.75) is 6.54 Å². The Kier molecular flexibility index (Phi) is 2.96. The second-order valence-corrected chi connectivity index (χ2v) is 3.75. The molecule has 1 aliphatic rings. The number of hydrogen-bond acceptors (Lipinski definition) is 3. The normalized spacial score (nSPS) is 15.8. The van der Waals surface area contributed by atoms with Crippen molar-refractivity contribution in [2.24, 2.45) is 5.84 Å². The van der Waals surface area contributed by atoms with Crippen molar-refractivity contribution >= 4 is 6.03 Å². The zero-order valence-corrected chi connectivity index (χ0v) is 9.22. The molecular weight excluding hydrogens is 206 g/mol. The number of amides is 2. The molecule has 0 bridgehead atoms. The zero-order valence-electron chi connectivity index (χ0n) is 9.22. The number of nitrogens with two attached hydrogens (primary N) is 1. The first-order valence-corrected chi connectivity index (χ1v) is 5.15. The van der Waals surface area contributed by atoms with Crippen LogP contribution >= 0.6 is 0 Å². The summed E-state index contributed by atoms with van der Waals surface area (Å²) in [5, 5.41) is 1.24. The van der Waals surface area contributed by atoms with E-state index in [-0.39, 0.29) is 6.03 Å². The van der Waals surface area contributed by atoms with Crippen molar-refractivity contribution in [3.05, 3.63) is 29.8 Å². The summed E-state index contributed by atoms with van der Waals surface area (Å²) < 4.78 is 5.07. The lowest BCUT2D eigenvalue weighted by molar-refractivity contribution is 0.191. The number of carbonyl (C=O) groups is 1. The average molecular weight is 221 g/mol. The number of nitrogens with zero attached hydrogens (tertiary/aromatic N) is 2. The maximum absolute atomic E-state index is 11.5. The summed E-state index contributed by atoms with van der Waals surface area (Å²) in [6.07, 6.45) is 0. The van der Waals surface area contributed by atoms with Gasteiger partial charge in [0.15, 0.2) is 0 Å². The van der Waals surface area contributed by atoms with E-state index in [9.17, 15) is 4.79 Å². The van der Waals surface area contributed by atoms with Crippen LogP contribution in [0, 0.1) is 0 Å². The Hall–Kier alpha value is -1.75. The minimum atomic E-state index is -0.115. The van der Waals surface area contributed by atoms with Crippen LogP contribution in [0.1, 0.15) is 5.56 Å². The predicted octanol–water partition coefficient (Wildman–Crippen LogP) is 0.807. The lowest BCUT2D eigenvalue weighted by Gasteiger charge is -2.15. The fourth-order valence-electron chi connectivity index (χ4n) is 1.70. The Balaban J connectivity index is 2.01. The van der Waals surface area contributed by atoms with Crippen LogP contribution in [0.15, 0.2) is 24.3 Å². The third-order valence-electron chi connectivity index (χ3n) is 2.66. The van der Waals surface area contributed by atoms with Gasteiger partial charge in [-0.25, -0.2) is 10.6 Å². The van der Waals surface area contributed by atoms with Gasteiger partial charge in [-0.2, -0.15) is 0 Å². The average Bonchev–Trinajstić information content (AvgIpc) is 2.62. The highest BCUT2D eigenvalue weighted by molar-refractivity contribution is 5.75. The highest BCUT2D eigenvalue weighted by Crippen LogP contribution is 2.15. The van der Waals surface area contributed by atoms with Crippen LogP contribution in [0.4, 0.5) is 4.79 Å². The topological polar surface area (TPSA) is 58.8 Å². The zero-order chi connectivity index (χ0) is 11.5. The van der Waals surface area contributed by atoms with E-state index >= 15 is 0 Å². The summed E-state index contributed by atoms with van der Waals surface area (Å²) >= 11 is 0. The summed E-state index contributed by atoms with van der Waals surface area (Å²) in [7, 11) is 1.63. The fraction of sp³-hybridized carbons (Fsp3) is 0.364. The first kappa shape index (κ1) is 10.8. The molecule has 5 nitrogen and oxygen atoms in total. The van der Waals surface area contributed by atoms with E-state index in [0.29, 0.717) is 19.6 Å². The molecule has 0 saturated carbocycles. The predicted molar refractivity (Wildman–Crippen MR) is 59.7 cm³/mol. The Bertz CT molecular complexity index is 377. The van der Waals surface area contributed by atoms with Gasteiger partial charge in [0, 0.05) is 13.1 Å². The number of ether oxygens (including phenoxy) is 1. The molecule has 5 heteroatoms. The number of hydrogen-bond donors (Lipinski definition) is 1. The van der Waals surface area contributed by atoms with E-state index in [1.54, 1.807) is 12.0 Å². The number of methoxy groups -OCH3 is 1. The van der Waals surface area contributed by atoms with Crippen molar-refractivity contribution in [2.75, 3.05) is 20.2 Å². The van der Waals surface area contributed by atoms with Gasteiger partial charge in [0.25, 0.3) is 0 Å². The second kappa shape index (κ2) is 4.40. The number of benzene rings is 1. The van der Waals surface area contributed by atoms with Crippen LogP contribution in [0.5, 0.6) is 5.75 Å². The Labute approximate surface area is 94.4 Å². The molecule has 0 spiro atoms. The van der Waals surface area contributed by atoms with Gasteiger partial charge in [-0.3, -0.25) is 5.01 Å². The van der Waals surface area contributed by atoms with Crippen molar-refractivity contribution in [1.29, 1.82) is 0 Å². The molecule has 1 aromatic rings. The molecule has 0 radical (unpaired) electrons. The van der Waals surface area contributed by atoms with E-state index in [0.717, 1.165) is 11.3 Å². The van der Waals surface area contributed by atoms with Crippen LogP contribution in [0.2, 0.25) is 0 Å². The smallest absolute Gasteiger partial charge is 0.334 e. The van der Waals surface area contributed by atoms with Gasteiger partial charge in [-0.15, -0.1) is 0 Å². The largest absolute Gasteiger partial charge is 0.497 e. The van der Waals surface area contributed by atoms with E-state index in [4.69, 9.17) is 10.6 Å². The molecule has 0 unspecified atom stereocenters.